The SMILES string of the molecule is COc1ccc(C(=O)NCc2cc(C)oc2C)cc1S(=O)(=O)N1CCCCCC1. The van der Waals surface area contributed by atoms with Crippen LogP contribution in [0.4, 0.5) is 0 Å². The van der Waals surface area contributed by atoms with E-state index >= 15 is 0 Å². The van der Waals surface area contributed by atoms with Crippen LogP contribution in [0, 0.1) is 13.8 Å². The number of hydrogen-bond acceptors (Lipinski definition) is 5. The molecule has 29 heavy (non-hydrogen) atoms. The fourth-order valence-electron chi connectivity index (χ4n) is 3.58. The van der Waals surface area contributed by atoms with Gasteiger partial charge in [-0.3, -0.25) is 4.79 Å². The molecule has 1 fully saturated rings. The molecule has 1 aliphatic rings. The number of amides is 1. The lowest BCUT2D eigenvalue weighted by Gasteiger charge is -2.21. The van der Waals surface area contributed by atoms with Crippen molar-refractivity contribution < 1.29 is 22.4 Å². The van der Waals surface area contributed by atoms with E-state index in [2.05, 4.69) is 5.32 Å². The van der Waals surface area contributed by atoms with Gasteiger partial charge in [-0.15, -0.1) is 0 Å². The summed E-state index contributed by atoms with van der Waals surface area (Å²) in [5, 5.41) is 2.83. The van der Waals surface area contributed by atoms with Gasteiger partial charge in [0.15, 0.2) is 0 Å². The number of benzene rings is 1. The molecule has 0 atom stereocenters. The minimum absolute atomic E-state index is 0.0323. The molecule has 1 saturated heterocycles. The van der Waals surface area contributed by atoms with Gasteiger partial charge in [0.1, 0.15) is 22.2 Å². The Labute approximate surface area is 172 Å². The number of rotatable bonds is 6. The van der Waals surface area contributed by atoms with Crippen LogP contribution >= 0.6 is 0 Å². The third kappa shape index (κ3) is 4.82. The fourth-order valence-corrected chi connectivity index (χ4v) is 5.28. The molecular weight excluding hydrogens is 392 g/mol. The van der Waals surface area contributed by atoms with Crippen LogP contribution in [0.5, 0.6) is 5.75 Å². The second kappa shape index (κ2) is 9.00. The molecule has 1 N–H and O–H groups in total. The summed E-state index contributed by atoms with van der Waals surface area (Å²) in [4.78, 5) is 12.7. The van der Waals surface area contributed by atoms with Crippen LogP contribution in [-0.4, -0.2) is 38.8 Å². The normalized spacial score (nSPS) is 15.7. The van der Waals surface area contributed by atoms with Gasteiger partial charge in [-0.05, 0) is 51.0 Å². The highest BCUT2D eigenvalue weighted by molar-refractivity contribution is 7.89. The summed E-state index contributed by atoms with van der Waals surface area (Å²) in [6, 6.07) is 6.39. The number of furan rings is 1. The first kappa shape index (κ1) is 21.4. The predicted octanol–water partition coefficient (Wildman–Crippen LogP) is 3.40. The number of carbonyl (C=O) groups is 1. The predicted molar refractivity (Wildman–Crippen MR) is 110 cm³/mol. The number of aryl methyl sites for hydroxylation is 2. The first-order valence-electron chi connectivity index (χ1n) is 9.85. The maximum absolute atomic E-state index is 13.2. The number of nitrogens with zero attached hydrogens (tertiary/aromatic N) is 1. The van der Waals surface area contributed by atoms with Crippen LogP contribution in [0.3, 0.4) is 0 Å². The minimum Gasteiger partial charge on any atom is -0.495 e. The Kier molecular flexibility index (Phi) is 6.64. The molecule has 2 aromatic rings. The summed E-state index contributed by atoms with van der Waals surface area (Å²) in [6.45, 7) is 4.97. The zero-order chi connectivity index (χ0) is 21.0. The van der Waals surface area contributed by atoms with Crippen molar-refractivity contribution in [2.75, 3.05) is 20.2 Å². The van der Waals surface area contributed by atoms with Crippen LogP contribution in [-0.2, 0) is 16.6 Å². The summed E-state index contributed by atoms with van der Waals surface area (Å²) in [5.74, 6) is 1.43. The average molecular weight is 421 g/mol. The van der Waals surface area contributed by atoms with Crippen LogP contribution in [0.15, 0.2) is 33.6 Å². The highest BCUT2D eigenvalue weighted by Gasteiger charge is 2.29. The van der Waals surface area contributed by atoms with Crippen molar-refractivity contribution in [3.63, 3.8) is 0 Å². The van der Waals surface area contributed by atoms with Gasteiger partial charge in [0.2, 0.25) is 10.0 Å². The number of ether oxygens (including phenoxy) is 1. The van der Waals surface area contributed by atoms with Crippen LogP contribution in [0.1, 0.15) is 53.1 Å². The standard InChI is InChI=1S/C21H28N2O5S/c1-15-12-18(16(2)28-15)14-22-21(24)17-8-9-19(27-3)20(13-17)29(25,26)23-10-6-4-5-7-11-23/h8-9,12-13H,4-7,10-11,14H2,1-3H3,(H,22,24). The number of hydrogen-bond donors (Lipinski definition) is 1. The lowest BCUT2D eigenvalue weighted by molar-refractivity contribution is 0.0950. The van der Waals surface area contributed by atoms with E-state index in [9.17, 15) is 13.2 Å². The maximum Gasteiger partial charge on any atom is 0.251 e. The molecule has 0 radical (unpaired) electrons. The van der Waals surface area contributed by atoms with Gasteiger partial charge in [0.25, 0.3) is 5.91 Å². The summed E-state index contributed by atoms with van der Waals surface area (Å²) in [6.07, 6.45) is 3.73. The van der Waals surface area contributed by atoms with Crippen LogP contribution < -0.4 is 10.1 Å². The van der Waals surface area contributed by atoms with Gasteiger partial charge < -0.3 is 14.5 Å². The molecule has 7 nitrogen and oxygen atoms in total. The van der Waals surface area contributed by atoms with Gasteiger partial charge >= 0.3 is 0 Å². The summed E-state index contributed by atoms with van der Waals surface area (Å²) < 4.78 is 38.7. The van der Waals surface area contributed by atoms with Gasteiger partial charge in [-0.25, -0.2) is 8.42 Å². The first-order valence-corrected chi connectivity index (χ1v) is 11.3. The molecule has 0 aliphatic carbocycles. The third-order valence-corrected chi connectivity index (χ3v) is 7.11. The topological polar surface area (TPSA) is 88.8 Å². The molecule has 0 bridgehead atoms. The van der Waals surface area contributed by atoms with Gasteiger partial charge in [-0.2, -0.15) is 4.31 Å². The number of nitrogens with one attached hydrogen (secondary N) is 1. The molecule has 2 heterocycles. The van der Waals surface area contributed by atoms with Gasteiger partial charge in [-0.1, -0.05) is 12.8 Å². The quantitative estimate of drug-likeness (QED) is 0.774. The zero-order valence-electron chi connectivity index (χ0n) is 17.2. The Hall–Kier alpha value is -2.32. The second-order valence-corrected chi connectivity index (χ2v) is 9.21. The molecule has 3 rings (SSSR count). The van der Waals surface area contributed by atoms with Crippen molar-refractivity contribution in [3.05, 3.63) is 46.9 Å². The Morgan fingerprint density at radius 1 is 1.14 bits per heavy atom. The maximum atomic E-state index is 13.2. The lowest BCUT2D eigenvalue weighted by atomic mass is 10.2. The largest absolute Gasteiger partial charge is 0.495 e. The molecule has 8 heteroatoms. The molecule has 0 saturated carbocycles. The fraction of sp³-hybridized carbons (Fsp3) is 0.476. The van der Waals surface area contributed by atoms with Crippen molar-refractivity contribution in [2.45, 2.75) is 51.0 Å². The Balaban J connectivity index is 1.84. The van der Waals surface area contributed by atoms with Crippen molar-refractivity contribution in [2.24, 2.45) is 0 Å². The van der Waals surface area contributed by atoms with Crippen LogP contribution in [0.25, 0.3) is 0 Å². The van der Waals surface area contributed by atoms with E-state index < -0.39 is 10.0 Å². The Morgan fingerprint density at radius 2 is 1.83 bits per heavy atom. The van der Waals surface area contributed by atoms with E-state index in [-0.39, 0.29) is 22.1 Å². The molecule has 1 aliphatic heterocycles. The monoisotopic (exact) mass is 420 g/mol. The molecule has 0 spiro atoms. The van der Waals surface area contributed by atoms with Crippen molar-refractivity contribution in [1.29, 1.82) is 0 Å². The zero-order valence-corrected chi connectivity index (χ0v) is 18.0. The first-order chi connectivity index (χ1) is 13.8. The minimum atomic E-state index is -3.74. The number of methoxy groups -OCH3 is 1. The molecular formula is C21H28N2O5S. The smallest absolute Gasteiger partial charge is 0.251 e. The van der Waals surface area contributed by atoms with Crippen molar-refractivity contribution in [3.8, 4) is 5.75 Å². The third-order valence-electron chi connectivity index (χ3n) is 5.19. The second-order valence-electron chi connectivity index (χ2n) is 7.31. The van der Waals surface area contributed by atoms with E-state index in [1.807, 2.05) is 19.9 Å². The molecule has 1 amide bonds. The highest BCUT2D eigenvalue weighted by Crippen LogP contribution is 2.29. The Morgan fingerprint density at radius 3 is 2.41 bits per heavy atom. The molecule has 1 aromatic carbocycles. The molecule has 0 unspecified atom stereocenters. The lowest BCUT2D eigenvalue weighted by Crippen LogP contribution is -2.32. The summed E-state index contributed by atoms with van der Waals surface area (Å²) in [5.41, 5.74) is 1.17. The molecule has 158 valence electrons. The van der Waals surface area contributed by atoms with E-state index in [4.69, 9.17) is 9.15 Å². The summed E-state index contributed by atoms with van der Waals surface area (Å²) >= 11 is 0. The Bertz CT molecular complexity index is 973. The van der Waals surface area contributed by atoms with Crippen LogP contribution in [0.2, 0.25) is 0 Å². The van der Waals surface area contributed by atoms with Crippen molar-refractivity contribution in [1.82, 2.24) is 9.62 Å². The number of carbonyl (C=O) groups excluding carboxylic acids is 1. The van der Waals surface area contributed by atoms with E-state index in [0.717, 1.165) is 42.8 Å². The summed E-state index contributed by atoms with van der Waals surface area (Å²) in [7, 11) is -2.31. The van der Waals surface area contributed by atoms with Crippen molar-refractivity contribution >= 4 is 15.9 Å². The molecule has 1 aromatic heterocycles. The van der Waals surface area contributed by atoms with Gasteiger partial charge in [0, 0.05) is 30.8 Å². The van der Waals surface area contributed by atoms with Gasteiger partial charge in [0.05, 0.1) is 7.11 Å². The van der Waals surface area contributed by atoms with E-state index in [0.29, 0.717) is 19.6 Å². The number of sulfonamides is 1. The van der Waals surface area contributed by atoms with E-state index in [1.165, 1.54) is 23.5 Å². The average Bonchev–Trinajstić information content (AvgIpc) is 2.90. The highest BCUT2D eigenvalue weighted by atomic mass is 32.2. The van der Waals surface area contributed by atoms with E-state index in [1.54, 1.807) is 6.07 Å².